The summed E-state index contributed by atoms with van der Waals surface area (Å²) in [4.78, 5) is 23.8. The lowest BCUT2D eigenvalue weighted by Crippen LogP contribution is -2.55. The van der Waals surface area contributed by atoms with E-state index in [-0.39, 0.29) is 35.8 Å². The van der Waals surface area contributed by atoms with E-state index in [1.54, 1.807) is 6.92 Å². The summed E-state index contributed by atoms with van der Waals surface area (Å²) >= 11 is 0. The monoisotopic (exact) mass is 291 g/mol. The molecule has 1 heterocycles. The van der Waals surface area contributed by atoms with Crippen molar-refractivity contribution in [2.45, 2.75) is 64.6 Å². The normalized spacial score (nSPS) is 20.9. The molecule has 1 saturated heterocycles. The molecule has 0 aromatic rings. The highest BCUT2D eigenvalue weighted by atomic mass is 35.5. The molecule has 1 aliphatic rings. The minimum Gasteiger partial charge on any atom is -0.350 e. The fourth-order valence-corrected chi connectivity index (χ4v) is 1.93. The van der Waals surface area contributed by atoms with Crippen molar-refractivity contribution in [1.29, 1.82) is 0 Å². The minimum absolute atomic E-state index is 0. The van der Waals surface area contributed by atoms with Crippen molar-refractivity contribution in [3.05, 3.63) is 0 Å². The number of halogens is 1. The van der Waals surface area contributed by atoms with Crippen LogP contribution in [0.25, 0.3) is 0 Å². The smallest absolute Gasteiger partial charge is 0.242 e. The number of amides is 2. The molecule has 112 valence electrons. The summed E-state index contributed by atoms with van der Waals surface area (Å²) in [5.74, 6) is -0.224. The van der Waals surface area contributed by atoms with Gasteiger partial charge < -0.3 is 16.0 Å². The summed E-state index contributed by atoms with van der Waals surface area (Å²) < 4.78 is 0. The lowest BCUT2D eigenvalue weighted by atomic mass is 10.0. The van der Waals surface area contributed by atoms with Crippen molar-refractivity contribution in [1.82, 2.24) is 16.0 Å². The number of rotatable bonds is 3. The van der Waals surface area contributed by atoms with Gasteiger partial charge >= 0.3 is 0 Å². The highest BCUT2D eigenvalue weighted by Gasteiger charge is 2.25. The summed E-state index contributed by atoms with van der Waals surface area (Å²) in [7, 11) is 0. The number of nitrogens with one attached hydrogen (secondary N) is 3. The van der Waals surface area contributed by atoms with Gasteiger partial charge in [0.25, 0.3) is 0 Å². The van der Waals surface area contributed by atoms with Gasteiger partial charge in [0.05, 0.1) is 6.04 Å². The number of hydrogen-bond donors (Lipinski definition) is 3. The van der Waals surface area contributed by atoms with Crippen LogP contribution in [0, 0.1) is 0 Å². The summed E-state index contributed by atoms with van der Waals surface area (Å²) in [5.41, 5.74) is -0.279. The summed E-state index contributed by atoms with van der Waals surface area (Å²) in [6.07, 6.45) is 3.02. The number of carbonyl (C=O) groups is 2. The van der Waals surface area contributed by atoms with Gasteiger partial charge in [-0.05, 0) is 47.1 Å². The molecule has 1 rings (SSSR count). The van der Waals surface area contributed by atoms with Crippen LogP contribution in [0.3, 0.4) is 0 Å². The van der Waals surface area contributed by atoms with Gasteiger partial charge in [-0.25, -0.2) is 0 Å². The maximum absolute atomic E-state index is 11.9. The lowest BCUT2D eigenvalue weighted by molar-refractivity contribution is -0.130. The van der Waals surface area contributed by atoms with Crippen molar-refractivity contribution in [3.63, 3.8) is 0 Å². The van der Waals surface area contributed by atoms with Crippen molar-refractivity contribution < 1.29 is 9.59 Å². The van der Waals surface area contributed by atoms with Gasteiger partial charge in [0.2, 0.25) is 11.8 Å². The molecule has 2 atom stereocenters. The Labute approximate surface area is 121 Å². The van der Waals surface area contributed by atoms with Crippen LogP contribution in [0.5, 0.6) is 0 Å². The average Bonchev–Trinajstić information content (AvgIpc) is 2.27. The fraction of sp³-hybridized carbons (Fsp3) is 0.846. The third-order valence-electron chi connectivity index (χ3n) is 2.88. The zero-order valence-electron chi connectivity index (χ0n) is 12.2. The predicted molar refractivity (Wildman–Crippen MR) is 78.4 cm³/mol. The van der Waals surface area contributed by atoms with Crippen molar-refractivity contribution in [2.24, 2.45) is 0 Å². The van der Waals surface area contributed by atoms with Crippen molar-refractivity contribution in [2.75, 3.05) is 6.54 Å². The van der Waals surface area contributed by atoms with E-state index < -0.39 is 6.04 Å². The van der Waals surface area contributed by atoms with Crippen molar-refractivity contribution in [3.8, 4) is 0 Å². The van der Waals surface area contributed by atoms with Gasteiger partial charge in [0.15, 0.2) is 0 Å². The van der Waals surface area contributed by atoms with Crippen LogP contribution in [0.2, 0.25) is 0 Å². The van der Waals surface area contributed by atoms with Crippen LogP contribution in [0.1, 0.15) is 47.0 Å². The van der Waals surface area contributed by atoms with Gasteiger partial charge in [-0.1, -0.05) is 6.42 Å². The molecule has 0 aromatic carbocycles. The molecule has 0 saturated carbocycles. The van der Waals surface area contributed by atoms with E-state index in [0.717, 1.165) is 25.8 Å². The van der Waals surface area contributed by atoms with Gasteiger partial charge in [0, 0.05) is 5.54 Å². The molecular formula is C13H26ClN3O2. The molecule has 5 nitrogen and oxygen atoms in total. The second kappa shape index (κ2) is 7.70. The van der Waals surface area contributed by atoms with E-state index in [9.17, 15) is 9.59 Å². The summed E-state index contributed by atoms with van der Waals surface area (Å²) in [6.45, 7) is 8.34. The Bertz CT molecular complexity index is 310. The maximum atomic E-state index is 11.9. The summed E-state index contributed by atoms with van der Waals surface area (Å²) in [5, 5.41) is 8.78. The minimum atomic E-state index is -0.500. The number of piperidine rings is 1. The number of carbonyl (C=O) groups excluding carboxylic acids is 2. The van der Waals surface area contributed by atoms with Crippen LogP contribution in [0.4, 0.5) is 0 Å². The molecule has 2 unspecified atom stereocenters. The van der Waals surface area contributed by atoms with Gasteiger partial charge in [-0.3, -0.25) is 9.59 Å². The first kappa shape index (κ1) is 18.2. The first-order valence-electron chi connectivity index (χ1n) is 6.65. The average molecular weight is 292 g/mol. The Balaban J connectivity index is 0.00000324. The van der Waals surface area contributed by atoms with Crippen LogP contribution in [-0.2, 0) is 9.59 Å². The van der Waals surface area contributed by atoms with E-state index in [2.05, 4.69) is 16.0 Å². The molecule has 0 aromatic heterocycles. The maximum Gasteiger partial charge on any atom is 0.242 e. The van der Waals surface area contributed by atoms with Crippen LogP contribution >= 0.6 is 12.4 Å². The van der Waals surface area contributed by atoms with E-state index in [4.69, 9.17) is 0 Å². The molecule has 3 N–H and O–H groups in total. The zero-order chi connectivity index (χ0) is 13.8. The molecule has 1 aliphatic heterocycles. The molecule has 0 aliphatic carbocycles. The van der Waals surface area contributed by atoms with Crippen LogP contribution in [0.15, 0.2) is 0 Å². The molecule has 0 bridgehead atoms. The molecule has 0 spiro atoms. The first-order valence-corrected chi connectivity index (χ1v) is 6.65. The van der Waals surface area contributed by atoms with E-state index in [1.165, 1.54) is 0 Å². The second-order valence-corrected chi connectivity index (χ2v) is 5.97. The Morgan fingerprint density at radius 1 is 1.26 bits per heavy atom. The molecule has 2 amide bonds. The van der Waals surface area contributed by atoms with E-state index in [1.807, 2.05) is 20.8 Å². The standard InChI is InChI=1S/C13H25N3O2.ClH/c1-9(11(17)16-13(2,3)4)15-12(18)10-7-5-6-8-14-10;/h9-10,14H,5-8H2,1-4H3,(H,15,18)(H,16,17);1H. The Morgan fingerprint density at radius 3 is 2.37 bits per heavy atom. The third-order valence-corrected chi connectivity index (χ3v) is 2.88. The Morgan fingerprint density at radius 2 is 1.89 bits per heavy atom. The van der Waals surface area contributed by atoms with Crippen molar-refractivity contribution >= 4 is 24.2 Å². The van der Waals surface area contributed by atoms with Crippen LogP contribution < -0.4 is 16.0 Å². The number of hydrogen-bond acceptors (Lipinski definition) is 3. The SMILES string of the molecule is CC(NC(=O)C1CCCCN1)C(=O)NC(C)(C)C.Cl. The van der Waals surface area contributed by atoms with Gasteiger partial charge in [0.1, 0.15) is 6.04 Å². The molecule has 6 heteroatoms. The summed E-state index contributed by atoms with van der Waals surface area (Å²) in [6, 6.07) is -0.649. The quantitative estimate of drug-likeness (QED) is 0.726. The zero-order valence-corrected chi connectivity index (χ0v) is 13.0. The fourth-order valence-electron chi connectivity index (χ4n) is 1.93. The highest BCUT2D eigenvalue weighted by Crippen LogP contribution is 2.07. The van der Waals surface area contributed by atoms with Gasteiger partial charge in [-0.2, -0.15) is 0 Å². The van der Waals surface area contributed by atoms with E-state index >= 15 is 0 Å². The topological polar surface area (TPSA) is 70.2 Å². The first-order chi connectivity index (χ1) is 8.29. The largest absolute Gasteiger partial charge is 0.350 e. The van der Waals surface area contributed by atoms with Crippen LogP contribution in [-0.4, -0.2) is 36.0 Å². The molecule has 0 radical (unpaired) electrons. The molecule has 1 fully saturated rings. The Hall–Kier alpha value is -0.810. The lowest BCUT2D eigenvalue weighted by Gasteiger charge is -2.26. The van der Waals surface area contributed by atoms with E-state index in [0.29, 0.717) is 0 Å². The Kier molecular flexibility index (Phi) is 7.37. The van der Waals surface area contributed by atoms with Gasteiger partial charge in [-0.15, -0.1) is 12.4 Å². The molecule has 19 heavy (non-hydrogen) atoms. The molecular weight excluding hydrogens is 266 g/mol. The third kappa shape index (κ3) is 6.78. The highest BCUT2D eigenvalue weighted by molar-refractivity contribution is 5.89. The predicted octanol–water partition coefficient (Wildman–Crippen LogP) is 0.970. The second-order valence-electron chi connectivity index (χ2n) is 5.97.